The summed E-state index contributed by atoms with van der Waals surface area (Å²) in [6.45, 7) is 9.96. The highest BCUT2D eigenvalue weighted by molar-refractivity contribution is 6.39. The summed E-state index contributed by atoms with van der Waals surface area (Å²) >= 11 is 0. The lowest BCUT2D eigenvalue weighted by molar-refractivity contribution is -0.161. The number of piperidine rings is 1. The van der Waals surface area contributed by atoms with Crippen molar-refractivity contribution in [2.75, 3.05) is 13.1 Å². The Morgan fingerprint density at radius 1 is 0.911 bits per heavy atom. The van der Waals surface area contributed by atoms with E-state index in [1.54, 1.807) is 25.7 Å². The van der Waals surface area contributed by atoms with Crippen LogP contribution in [0.3, 0.4) is 0 Å². The molecule has 2 aliphatic heterocycles. The summed E-state index contributed by atoms with van der Waals surface area (Å²) < 4.78 is 5.51. The molecule has 12 nitrogen and oxygen atoms in total. The summed E-state index contributed by atoms with van der Waals surface area (Å²) in [4.78, 5) is 82.2. The normalized spacial score (nSPS) is 28.9. The number of ether oxygens (including phenoxy) is 1. The maximum Gasteiger partial charge on any atom is 0.408 e. The van der Waals surface area contributed by atoms with Crippen LogP contribution in [-0.2, 0) is 28.7 Å². The molecule has 4 amide bonds. The van der Waals surface area contributed by atoms with Crippen molar-refractivity contribution in [2.24, 2.45) is 29.1 Å². The van der Waals surface area contributed by atoms with Crippen molar-refractivity contribution in [3.05, 3.63) is 0 Å². The number of carboxylic acid groups (broad SMARTS) is 1. The molecule has 0 aromatic rings. The number of likely N-dealkylation sites (tertiary alicyclic amines) is 2. The van der Waals surface area contributed by atoms with Crippen LogP contribution in [0.25, 0.3) is 0 Å². The van der Waals surface area contributed by atoms with E-state index in [1.165, 1.54) is 0 Å². The van der Waals surface area contributed by atoms with Gasteiger partial charge in [0.05, 0.1) is 6.04 Å². The second-order valence-corrected chi connectivity index (χ2v) is 15.5. The van der Waals surface area contributed by atoms with E-state index in [0.29, 0.717) is 13.0 Å². The average Bonchev–Trinajstić information content (AvgIpc) is 3.23. The highest BCUT2D eigenvalue weighted by atomic mass is 16.6. The molecule has 45 heavy (non-hydrogen) atoms. The number of carbonyl (C=O) groups excluding carboxylic acids is 5. The number of aliphatic carboxylic acids is 1. The van der Waals surface area contributed by atoms with Gasteiger partial charge in [0.15, 0.2) is 0 Å². The second kappa shape index (κ2) is 12.5. The van der Waals surface area contributed by atoms with Gasteiger partial charge >= 0.3 is 12.1 Å². The Bertz CT molecular complexity index is 1220. The number of carboxylic acids is 1. The number of Topliss-reactive ketones (excluding diaryl/α,β-unsaturated/α-hetero) is 1. The zero-order chi connectivity index (χ0) is 32.8. The van der Waals surface area contributed by atoms with Gasteiger partial charge in [0, 0.05) is 13.1 Å². The number of nitrogens with one attached hydrogen (secondary N) is 2. The largest absolute Gasteiger partial charge is 0.480 e. The van der Waals surface area contributed by atoms with Crippen molar-refractivity contribution in [1.82, 2.24) is 20.4 Å². The second-order valence-electron chi connectivity index (χ2n) is 15.5. The Balaban J connectivity index is 1.36. The van der Waals surface area contributed by atoms with E-state index in [2.05, 4.69) is 24.5 Å². The maximum absolute atomic E-state index is 14.3. The van der Waals surface area contributed by atoms with Crippen LogP contribution in [0.15, 0.2) is 0 Å². The third-order valence-electron chi connectivity index (χ3n) is 11.0. The lowest BCUT2D eigenvalue weighted by Gasteiger charge is -2.39. The van der Waals surface area contributed by atoms with E-state index < -0.39 is 59.4 Å². The molecule has 5 fully saturated rings. The van der Waals surface area contributed by atoms with Gasteiger partial charge in [0.1, 0.15) is 23.7 Å². The number of carbonyl (C=O) groups is 6. The first kappa shape index (κ1) is 33.2. The summed E-state index contributed by atoms with van der Waals surface area (Å²) in [6, 6.07) is -3.83. The van der Waals surface area contributed by atoms with Crippen molar-refractivity contribution in [3.8, 4) is 0 Å². The number of alkyl carbamates (subject to hydrolysis) is 1. The molecule has 2 heterocycles. The molecule has 0 aromatic carbocycles. The minimum atomic E-state index is -1.16. The first-order valence-electron chi connectivity index (χ1n) is 16.8. The van der Waals surface area contributed by atoms with Gasteiger partial charge in [-0.3, -0.25) is 19.2 Å². The zero-order valence-corrected chi connectivity index (χ0v) is 27.3. The van der Waals surface area contributed by atoms with Crippen molar-refractivity contribution in [3.63, 3.8) is 0 Å². The van der Waals surface area contributed by atoms with Gasteiger partial charge < -0.3 is 30.3 Å². The molecule has 2 saturated heterocycles. The summed E-state index contributed by atoms with van der Waals surface area (Å²) in [6.07, 6.45) is 7.22. The van der Waals surface area contributed by atoms with E-state index in [4.69, 9.17) is 4.74 Å². The van der Waals surface area contributed by atoms with E-state index >= 15 is 0 Å². The van der Waals surface area contributed by atoms with Crippen LogP contribution in [0, 0.1) is 29.1 Å². The van der Waals surface area contributed by atoms with E-state index in [9.17, 15) is 33.9 Å². The Hall–Kier alpha value is -3.18. The fraction of sp³-hybridized carbons (Fsp3) is 0.818. The number of ketones is 1. The topological polar surface area (TPSA) is 162 Å². The van der Waals surface area contributed by atoms with E-state index in [1.807, 2.05) is 0 Å². The molecule has 3 unspecified atom stereocenters. The molecule has 250 valence electrons. The molecule has 0 radical (unpaired) electrons. The highest BCUT2D eigenvalue weighted by Gasteiger charge is 2.70. The predicted octanol–water partition coefficient (Wildman–Crippen LogP) is 2.87. The molecular weight excluding hydrogens is 580 g/mol. The third kappa shape index (κ3) is 6.84. The highest BCUT2D eigenvalue weighted by Crippen LogP contribution is 2.65. The number of fused-ring (bicyclic) bond motifs is 1. The lowest BCUT2D eigenvalue weighted by Crippen LogP contribution is -2.62. The zero-order valence-electron chi connectivity index (χ0n) is 27.3. The number of hydrogen-bond donors (Lipinski definition) is 3. The van der Waals surface area contributed by atoms with Crippen LogP contribution < -0.4 is 10.6 Å². The van der Waals surface area contributed by atoms with Crippen LogP contribution in [0.2, 0.25) is 0 Å². The SMILES string of the molecule is CC(C)(C)OC(=O)N[C@H](C(=O)N1CC2C([C@H]1C(=O)NC(CC1CCC1)C(=O)C(=O)N1CC[C@H]1C(=O)O)C2(C)C)C1CCCCC1. The summed E-state index contributed by atoms with van der Waals surface area (Å²) in [7, 11) is 0. The fourth-order valence-corrected chi connectivity index (χ4v) is 8.00. The molecule has 0 spiro atoms. The molecule has 5 rings (SSSR count). The molecule has 0 aromatic heterocycles. The third-order valence-corrected chi connectivity index (χ3v) is 11.0. The number of amides is 4. The van der Waals surface area contributed by atoms with E-state index in [0.717, 1.165) is 56.3 Å². The average molecular weight is 631 g/mol. The molecule has 5 aliphatic rings. The molecule has 6 atom stereocenters. The Morgan fingerprint density at radius 2 is 1.58 bits per heavy atom. The van der Waals surface area contributed by atoms with Gasteiger partial charge in [-0.2, -0.15) is 0 Å². The maximum atomic E-state index is 14.3. The number of nitrogens with zero attached hydrogens (tertiary/aromatic N) is 2. The molecule has 3 saturated carbocycles. The summed E-state index contributed by atoms with van der Waals surface area (Å²) in [5.74, 6) is -3.60. The minimum absolute atomic E-state index is 0.0864. The first-order valence-corrected chi connectivity index (χ1v) is 16.8. The van der Waals surface area contributed by atoms with Crippen molar-refractivity contribution >= 4 is 35.6 Å². The van der Waals surface area contributed by atoms with Gasteiger partial charge in [-0.1, -0.05) is 52.4 Å². The van der Waals surface area contributed by atoms with Gasteiger partial charge in [0.25, 0.3) is 5.91 Å². The Labute approximate surface area is 265 Å². The summed E-state index contributed by atoms with van der Waals surface area (Å²) in [5, 5.41) is 15.1. The molecule has 12 heteroatoms. The smallest absolute Gasteiger partial charge is 0.408 e. The van der Waals surface area contributed by atoms with Crippen LogP contribution in [0.4, 0.5) is 4.79 Å². The van der Waals surface area contributed by atoms with Crippen molar-refractivity contribution < 1.29 is 38.6 Å². The number of hydrogen-bond acceptors (Lipinski definition) is 7. The van der Waals surface area contributed by atoms with Crippen LogP contribution in [0.5, 0.6) is 0 Å². The van der Waals surface area contributed by atoms with Crippen molar-refractivity contribution in [2.45, 2.75) is 129 Å². The molecule has 3 aliphatic carbocycles. The Kier molecular flexibility index (Phi) is 9.26. The Morgan fingerprint density at radius 3 is 2.11 bits per heavy atom. The van der Waals surface area contributed by atoms with Crippen LogP contribution >= 0.6 is 0 Å². The van der Waals surface area contributed by atoms with Gasteiger partial charge in [-0.15, -0.1) is 0 Å². The molecular formula is C33H50N4O8. The first-order chi connectivity index (χ1) is 21.1. The lowest BCUT2D eigenvalue weighted by atomic mass is 9.79. The number of rotatable bonds is 10. The minimum Gasteiger partial charge on any atom is -0.480 e. The fourth-order valence-electron chi connectivity index (χ4n) is 8.00. The monoisotopic (exact) mass is 630 g/mol. The standard InChI is InChI=1S/C33H50N4O8/c1-32(2,3)45-31(44)35-24(19-12-7-6-8-13-19)28(40)37-17-20-23(33(20,4)5)25(37)27(39)34-21(16-18-10-9-11-18)26(38)29(41)36-15-14-22(36)30(42)43/h18-25H,6-17H2,1-5H3,(H,34,39)(H,35,44)(H,42,43)/t20?,21?,22-,23?,24-,25-/m0/s1. The predicted molar refractivity (Wildman–Crippen MR) is 163 cm³/mol. The van der Waals surface area contributed by atoms with Gasteiger partial charge in [-0.25, -0.2) is 9.59 Å². The van der Waals surface area contributed by atoms with Crippen LogP contribution in [0.1, 0.15) is 98.8 Å². The van der Waals surface area contributed by atoms with Gasteiger partial charge in [0.2, 0.25) is 17.6 Å². The molecule has 3 N–H and O–H groups in total. The van der Waals surface area contributed by atoms with E-state index in [-0.39, 0.29) is 48.0 Å². The molecule has 0 bridgehead atoms. The quantitative estimate of drug-likeness (QED) is 0.311. The van der Waals surface area contributed by atoms with Crippen molar-refractivity contribution in [1.29, 1.82) is 0 Å². The van der Waals surface area contributed by atoms with Crippen LogP contribution in [-0.4, -0.2) is 93.3 Å². The summed E-state index contributed by atoms with van der Waals surface area (Å²) in [5.41, 5.74) is -0.931. The van der Waals surface area contributed by atoms with Gasteiger partial charge in [-0.05, 0) is 75.5 Å².